The van der Waals surface area contributed by atoms with Gasteiger partial charge in [0.25, 0.3) is 5.91 Å². The van der Waals surface area contributed by atoms with Crippen molar-refractivity contribution in [3.05, 3.63) is 59.8 Å². The Morgan fingerprint density at radius 1 is 1.04 bits per heavy atom. The average molecular weight is 338 g/mol. The van der Waals surface area contributed by atoms with Crippen LogP contribution in [0.15, 0.2) is 48.5 Å². The normalized spacial score (nSPS) is 10.6. The van der Waals surface area contributed by atoms with E-state index in [1.165, 1.54) is 0 Å². The molecule has 0 spiro atoms. The first-order chi connectivity index (χ1) is 12.2. The van der Waals surface area contributed by atoms with Gasteiger partial charge in [0.15, 0.2) is 0 Å². The highest BCUT2D eigenvalue weighted by molar-refractivity contribution is 6.08. The van der Waals surface area contributed by atoms with Crippen LogP contribution in [0.3, 0.4) is 0 Å². The number of aromatic amines is 1. The predicted octanol–water partition coefficient (Wildman–Crippen LogP) is 3.68. The Hall–Kier alpha value is -2.95. The van der Waals surface area contributed by atoms with Crippen molar-refractivity contribution in [2.45, 2.75) is 13.8 Å². The number of carbonyl (C=O) groups is 1. The molecule has 1 amide bonds. The average Bonchev–Trinajstić information content (AvgIpc) is 2.96. The van der Waals surface area contributed by atoms with E-state index < -0.39 is 0 Å². The van der Waals surface area contributed by atoms with Crippen LogP contribution in [0.2, 0.25) is 0 Å². The number of amides is 1. The van der Waals surface area contributed by atoms with E-state index in [0.29, 0.717) is 25.3 Å². The minimum absolute atomic E-state index is 0.0924. The molecular formula is C20H22N2O3. The van der Waals surface area contributed by atoms with Gasteiger partial charge in [-0.05, 0) is 44.2 Å². The van der Waals surface area contributed by atoms with Gasteiger partial charge in [0.1, 0.15) is 18.1 Å². The van der Waals surface area contributed by atoms with E-state index in [1.54, 1.807) is 0 Å². The minimum atomic E-state index is -0.0924. The lowest BCUT2D eigenvalue weighted by Gasteiger charge is -2.09. The molecular weight excluding hydrogens is 316 g/mol. The molecule has 0 saturated heterocycles. The molecule has 0 unspecified atom stereocenters. The van der Waals surface area contributed by atoms with Crippen LogP contribution in [0.5, 0.6) is 11.5 Å². The van der Waals surface area contributed by atoms with Crippen molar-refractivity contribution in [1.29, 1.82) is 0 Å². The number of carbonyl (C=O) groups excluding carboxylic acids is 1. The molecule has 5 nitrogen and oxygen atoms in total. The van der Waals surface area contributed by atoms with Crippen LogP contribution in [0, 0.1) is 6.92 Å². The summed E-state index contributed by atoms with van der Waals surface area (Å²) in [5.41, 5.74) is 2.53. The maximum atomic E-state index is 12.5. The van der Waals surface area contributed by atoms with Crippen LogP contribution in [0.4, 0.5) is 0 Å². The summed E-state index contributed by atoms with van der Waals surface area (Å²) in [6.07, 6.45) is 0. The molecule has 3 rings (SSSR count). The van der Waals surface area contributed by atoms with Gasteiger partial charge in [-0.15, -0.1) is 0 Å². The zero-order valence-electron chi connectivity index (χ0n) is 14.5. The van der Waals surface area contributed by atoms with Gasteiger partial charge in [0, 0.05) is 16.6 Å². The number of hydrogen-bond acceptors (Lipinski definition) is 3. The molecule has 1 heterocycles. The third-order valence-corrected chi connectivity index (χ3v) is 3.91. The fourth-order valence-electron chi connectivity index (χ4n) is 2.79. The maximum Gasteiger partial charge on any atom is 0.253 e. The summed E-state index contributed by atoms with van der Waals surface area (Å²) in [6.45, 7) is 5.33. The molecule has 0 atom stereocenters. The Kier molecular flexibility index (Phi) is 5.23. The van der Waals surface area contributed by atoms with Gasteiger partial charge in [-0.2, -0.15) is 0 Å². The molecule has 0 aliphatic heterocycles. The smallest absolute Gasteiger partial charge is 0.253 e. The number of hydrogen-bond donors (Lipinski definition) is 2. The second-order valence-corrected chi connectivity index (χ2v) is 5.68. The van der Waals surface area contributed by atoms with Gasteiger partial charge in [0.2, 0.25) is 0 Å². The number of ether oxygens (including phenoxy) is 2. The van der Waals surface area contributed by atoms with Crippen molar-refractivity contribution < 1.29 is 14.3 Å². The fourth-order valence-corrected chi connectivity index (χ4v) is 2.79. The summed E-state index contributed by atoms with van der Waals surface area (Å²) in [4.78, 5) is 15.7. The quantitative estimate of drug-likeness (QED) is 0.646. The van der Waals surface area contributed by atoms with Gasteiger partial charge >= 0.3 is 0 Å². The number of fused-ring (bicyclic) bond motifs is 1. The Morgan fingerprint density at radius 3 is 2.44 bits per heavy atom. The van der Waals surface area contributed by atoms with Gasteiger partial charge in [-0.25, -0.2) is 0 Å². The number of rotatable bonds is 7. The molecule has 130 valence electrons. The molecule has 0 aliphatic rings. The zero-order valence-corrected chi connectivity index (χ0v) is 14.5. The summed E-state index contributed by atoms with van der Waals surface area (Å²) in [7, 11) is 0. The molecule has 0 fully saturated rings. The van der Waals surface area contributed by atoms with Gasteiger partial charge in [-0.1, -0.05) is 18.2 Å². The number of H-pyrrole nitrogens is 1. The first kappa shape index (κ1) is 16.9. The topological polar surface area (TPSA) is 63.4 Å². The molecule has 2 aromatic carbocycles. The molecule has 3 aromatic rings. The lowest BCUT2D eigenvalue weighted by molar-refractivity contribution is 0.0948. The van der Waals surface area contributed by atoms with E-state index in [9.17, 15) is 4.79 Å². The minimum Gasteiger partial charge on any atom is -0.494 e. The van der Waals surface area contributed by atoms with E-state index in [-0.39, 0.29) is 5.91 Å². The Morgan fingerprint density at radius 2 is 1.72 bits per heavy atom. The van der Waals surface area contributed by atoms with Crippen LogP contribution in [-0.4, -0.2) is 30.6 Å². The number of aromatic nitrogens is 1. The predicted molar refractivity (Wildman–Crippen MR) is 98.5 cm³/mol. The highest BCUT2D eigenvalue weighted by Crippen LogP contribution is 2.21. The van der Waals surface area contributed by atoms with E-state index >= 15 is 0 Å². The standard InChI is InChI=1S/C20H22N2O3/c1-3-24-15-8-10-16(11-9-15)25-13-12-21-20(23)19-14(2)22-18-7-5-4-6-17(18)19/h4-11,22H,3,12-13H2,1-2H3,(H,21,23). The van der Waals surface area contributed by atoms with Crippen molar-refractivity contribution >= 4 is 16.8 Å². The van der Waals surface area contributed by atoms with Crippen molar-refractivity contribution in [2.75, 3.05) is 19.8 Å². The molecule has 25 heavy (non-hydrogen) atoms. The number of nitrogens with one attached hydrogen (secondary N) is 2. The number of aryl methyl sites for hydroxylation is 1. The SMILES string of the molecule is CCOc1ccc(OCCNC(=O)c2c(C)[nH]c3ccccc23)cc1. The second-order valence-electron chi connectivity index (χ2n) is 5.68. The van der Waals surface area contributed by atoms with E-state index in [2.05, 4.69) is 10.3 Å². The summed E-state index contributed by atoms with van der Waals surface area (Å²) >= 11 is 0. The second kappa shape index (κ2) is 7.75. The molecule has 0 bridgehead atoms. The largest absolute Gasteiger partial charge is 0.494 e. The highest BCUT2D eigenvalue weighted by atomic mass is 16.5. The van der Waals surface area contributed by atoms with E-state index in [4.69, 9.17) is 9.47 Å². The van der Waals surface area contributed by atoms with Gasteiger partial charge in [0.05, 0.1) is 18.7 Å². The maximum absolute atomic E-state index is 12.5. The number of benzene rings is 2. The third kappa shape index (κ3) is 3.94. The van der Waals surface area contributed by atoms with Crippen molar-refractivity contribution in [3.8, 4) is 11.5 Å². The Balaban J connectivity index is 1.53. The van der Waals surface area contributed by atoms with Crippen LogP contribution >= 0.6 is 0 Å². The summed E-state index contributed by atoms with van der Waals surface area (Å²) < 4.78 is 11.0. The third-order valence-electron chi connectivity index (χ3n) is 3.91. The highest BCUT2D eigenvalue weighted by Gasteiger charge is 2.15. The Bertz CT molecular complexity index is 853. The zero-order chi connectivity index (χ0) is 17.6. The van der Waals surface area contributed by atoms with Crippen LogP contribution in [0.1, 0.15) is 23.0 Å². The Labute approximate surface area is 147 Å². The van der Waals surface area contributed by atoms with Crippen LogP contribution in [-0.2, 0) is 0 Å². The lowest BCUT2D eigenvalue weighted by atomic mass is 10.1. The first-order valence-electron chi connectivity index (χ1n) is 8.40. The van der Waals surface area contributed by atoms with Crippen LogP contribution < -0.4 is 14.8 Å². The summed E-state index contributed by atoms with van der Waals surface area (Å²) in [5, 5.41) is 3.85. The lowest BCUT2D eigenvalue weighted by Crippen LogP contribution is -2.28. The van der Waals surface area contributed by atoms with Gasteiger partial charge < -0.3 is 19.8 Å². The van der Waals surface area contributed by atoms with Gasteiger partial charge in [-0.3, -0.25) is 4.79 Å². The van der Waals surface area contributed by atoms with Crippen molar-refractivity contribution in [2.24, 2.45) is 0 Å². The monoisotopic (exact) mass is 338 g/mol. The molecule has 0 saturated carbocycles. The van der Waals surface area contributed by atoms with E-state index in [0.717, 1.165) is 28.1 Å². The molecule has 0 aliphatic carbocycles. The molecule has 0 radical (unpaired) electrons. The number of para-hydroxylation sites is 1. The van der Waals surface area contributed by atoms with E-state index in [1.807, 2.05) is 62.4 Å². The molecule has 1 aromatic heterocycles. The molecule has 2 N–H and O–H groups in total. The van der Waals surface area contributed by atoms with Crippen LogP contribution in [0.25, 0.3) is 10.9 Å². The first-order valence-corrected chi connectivity index (χ1v) is 8.40. The molecule has 5 heteroatoms. The fraction of sp³-hybridized carbons (Fsp3) is 0.250. The van der Waals surface area contributed by atoms with Crippen molar-refractivity contribution in [1.82, 2.24) is 10.3 Å². The summed E-state index contributed by atoms with van der Waals surface area (Å²) in [6, 6.07) is 15.2. The van der Waals surface area contributed by atoms with Crippen molar-refractivity contribution in [3.63, 3.8) is 0 Å². The summed E-state index contributed by atoms with van der Waals surface area (Å²) in [5.74, 6) is 1.48.